The van der Waals surface area contributed by atoms with Crippen molar-refractivity contribution in [3.63, 3.8) is 0 Å². The maximum absolute atomic E-state index is 6.41. The Kier molecular flexibility index (Phi) is 8.60. The first kappa shape index (κ1) is 23.9. The van der Waals surface area contributed by atoms with Gasteiger partial charge >= 0.3 is 0 Å². The molecule has 6 atom stereocenters. The molecular weight excluding hydrogens is 396 g/mol. The smallest absolute Gasteiger partial charge is 0.164 e. The van der Waals surface area contributed by atoms with Crippen LogP contribution in [0.2, 0.25) is 0 Å². The predicted octanol–water partition coefficient (Wildman–Crippen LogP) is 3.82. The van der Waals surface area contributed by atoms with Gasteiger partial charge in [0.1, 0.15) is 36.6 Å². The number of fused-ring (bicyclic) bond motifs is 1. The van der Waals surface area contributed by atoms with Crippen LogP contribution in [0.4, 0.5) is 0 Å². The Morgan fingerprint density at radius 2 is 1.19 bits per heavy atom. The van der Waals surface area contributed by atoms with E-state index in [1.165, 1.54) is 0 Å². The summed E-state index contributed by atoms with van der Waals surface area (Å²) in [6, 6.07) is 9.99. The number of ether oxygens (including phenoxy) is 6. The van der Waals surface area contributed by atoms with E-state index >= 15 is 0 Å². The van der Waals surface area contributed by atoms with Crippen molar-refractivity contribution in [2.75, 3.05) is 19.8 Å². The maximum Gasteiger partial charge on any atom is 0.164 e. The van der Waals surface area contributed by atoms with Crippen LogP contribution < -0.4 is 0 Å². The van der Waals surface area contributed by atoms with Crippen LogP contribution in [-0.4, -0.2) is 62.2 Å². The van der Waals surface area contributed by atoms with E-state index < -0.39 is 30.2 Å². The molecule has 1 saturated heterocycles. The minimum absolute atomic E-state index is 0.347. The molecule has 1 aliphatic heterocycles. The Morgan fingerprint density at radius 1 is 0.742 bits per heavy atom. The molecule has 0 amide bonds. The largest absolute Gasteiger partial charge is 0.369 e. The minimum atomic E-state index is -0.780. The molecule has 0 spiro atoms. The van der Waals surface area contributed by atoms with Gasteiger partial charge in [-0.3, -0.25) is 0 Å². The Balaban J connectivity index is 1.93. The molecule has 0 aromatic heterocycles. The van der Waals surface area contributed by atoms with Gasteiger partial charge in [-0.2, -0.15) is 0 Å². The van der Waals surface area contributed by atoms with Gasteiger partial charge in [-0.15, -0.1) is 19.7 Å². The van der Waals surface area contributed by atoms with Crippen molar-refractivity contribution in [1.29, 1.82) is 0 Å². The molecule has 0 N–H and O–H groups in total. The predicted molar refractivity (Wildman–Crippen MR) is 119 cm³/mol. The van der Waals surface area contributed by atoms with Crippen molar-refractivity contribution in [3.05, 3.63) is 73.9 Å². The molecule has 0 radical (unpaired) electrons. The van der Waals surface area contributed by atoms with E-state index in [4.69, 9.17) is 28.4 Å². The monoisotopic (exact) mass is 430 g/mol. The van der Waals surface area contributed by atoms with Gasteiger partial charge in [0, 0.05) is 0 Å². The zero-order valence-electron chi connectivity index (χ0n) is 18.5. The molecule has 6 nitrogen and oxygen atoms in total. The van der Waals surface area contributed by atoms with E-state index in [-0.39, 0.29) is 12.2 Å². The highest BCUT2D eigenvalue weighted by Gasteiger charge is 2.60. The molecule has 1 aliphatic carbocycles. The normalized spacial score (nSPS) is 31.7. The topological polar surface area (TPSA) is 55.4 Å². The molecular formula is C25H34O6. The fourth-order valence-corrected chi connectivity index (χ4v) is 4.14. The molecule has 170 valence electrons. The van der Waals surface area contributed by atoms with E-state index in [1.807, 2.05) is 44.2 Å². The molecule has 2 fully saturated rings. The average molecular weight is 431 g/mol. The fraction of sp³-hybridized carbons (Fsp3) is 0.520. The average Bonchev–Trinajstić information content (AvgIpc) is 3.09. The first-order valence-electron chi connectivity index (χ1n) is 10.7. The first-order valence-corrected chi connectivity index (χ1v) is 10.7. The Morgan fingerprint density at radius 3 is 1.68 bits per heavy atom. The van der Waals surface area contributed by atoms with Gasteiger partial charge in [0.2, 0.25) is 0 Å². The number of hydrogen-bond acceptors (Lipinski definition) is 6. The van der Waals surface area contributed by atoms with Gasteiger partial charge < -0.3 is 28.4 Å². The van der Waals surface area contributed by atoms with Gasteiger partial charge in [-0.1, -0.05) is 48.6 Å². The summed E-state index contributed by atoms with van der Waals surface area (Å²) in [5.41, 5.74) is 1.06. The van der Waals surface area contributed by atoms with E-state index in [0.29, 0.717) is 26.4 Å². The van der Waals surface area contributed by atoms with Crippen molar-refractivity contribution < 1.29 is 28.4 Å². The van der Waals surface area contributed by atoms with Crippen LogP contribution in [0.25, 0.3) is 0 Å². The van der Waals surface area contributed by atoms with Crippen molar-refractivity contribution in [2.24, 2.45) is 0 Å². The third-order valence-electron chi connectivity index (χ3n) is 5.29. The molecule has 1 aromatic carbocycles. The summed E-state index contributed by atoms with van der Waals surface area (Å²) in [4.78, 5) is 0. The highest BCUT2D eigenvalue weighted by Crippen LogP contribution is 2.41. The summed E-state index contributed by atoms with van der Waals surface area (Å²) in [7, 11) is 0. The lowest BCUT2D eigenvalue weighted by molar-refractivity contribution is -0.240. The number of benzene rings is 1. The third kappa shape index (κ3) is 5.92. The summed E-state index contributed by atoms with van der Waals surface area (Å²) in [6.45, 7) is 16.6. The molecule has 0 bridgehead atoms. The Labute approximate surface area is 185 Å². The first-order chi connectivity index (χ1) is 15.0. The maximum atomic E-state index is 6.41. The highest BCUT2D eigenvalue weighted by atomic mass is 16.8. The molecule has 2 aliphatic rings. The van der Waals surface area contributed by atoms with Crippen molar-refractivity contribution in [1.82, 2.24) is 0 Å². The molecule has 1 saturated carbocycles. The molecule has 0 unspecified atom stereocenters. The second-order valence-electron chi connectivity index (χ2n) is 8.09. The van der Waals surface area contributed by atoms with E-state index in [0.717, 1.165) is 5.56 Å². The lowest BCUT2D eigenvalue weighted by atomic mass is 9.84. The van der Waals surface area contributed by atoms with Crippen LogP contribution >= 0.6 is 0 Å². The van der Waals surface area contributed by atoms with Crippen molar-refractivity contribution in [3.8, 4) is 0 Å². The summed E-state index contributed by atoms with van der Waals surface area (Å²) in [5.74, 6) is -0.780. The fourth-order valence-electron chi connectivity index (χ4n) is 4.14. The number of hydrogen-bond donors (Lipinski definition) is 0. The summed E-state index contributed by atoms with van der Waals surface area (Å²) < 4.78 is 37.4. The lowest BCUT2D eigenvalue weighted by Gasteiger charge is -2.46. The second kappa shape index (κ2) is 11.2. The molecule has 6 heteroatoms. The highest BCUT2D eigenvalue weighted by molar-refractivity contribution is 5.14. The lowest BCUT2D eigenvalue weighted by Crippen LogP contribution is -2.65. The zero-order chi connectivity index (χ0) is 22.3. The van der Waals surface area contributed by atoms with Crippen LogP contribution in [0.5, 0.6) is 0 Å². The van der Waals surface area contributed by atoms with Crippen LogP contribution in [0.1, 0.15) is 19.4 Å². The Hall–Kier alpha value is -1.80. The van der Waals surface area contributed by atoms with Crippen LogP contribution in [0.3, 0.4) is 0 Å². The molecule has 1 heterocycles. The quantitative estimate of drug-likeness (QED) is 0.470. The van der Waals surface area contributed by atoms with Crippen molar-refractivity contribution >= 4 is 0 Å². The Bertz CT molecular complexity index is 718. The van der Waals surface area contributed by atoms with Gasteiger partial charge in [-0.25, -0.2) is 0 Å². The summed E-state index contributed by atoms with van der Waals surface area (Å²) in [5, 5.41) is 0. The van der Waals surface area contributed by atoms with Crippen LogP contribution in [0.15, 0.2) is 68.3 Å². The van der Waals surface area contributed by atoms with Crippen LogP contribution in [-0.2, 0) is 35.0 Å². The van der Waals surface area contributed by atoms with E-state index in [2.05, 4.69) is 19.7 Å². The minimum Gasteiger partial charge on any atom is -0.369 e. The standard InChI is InChI=1S/C25H34O6/c1-6-14-26-19-20(29-17-18-12-10-9-11-13-18)22(28-16-8-3)24-23(21(19)27-15-7-2)30-25(4,5)31-24/h6-13,19-24H,1-3,14-17H2,4-5H3/t19-,20-,21+,22+,23+,24-/m1/s1. The second-order valence-corrected chi connectivity index (χ2v) is 8.09. The van der Waals surface area contributed by atoms with Gasteiger partial charge in [0.15, 0.2) is 5.79 Å². The van der Waals surface area contributed by atoms with Crippen LogP contribution in [0, 0.1) is 0 Å². The molecule has 31 heavy (non-hydrogen) atoms. The summed E-state index contributed by atoms with van der Waals surface area (Å²) >= 11 is 0. The molecule has 3 rings (SSSR count). The summed E-state index contributed by atoms with van der Waals surface area (Å²) in [6.07, 6.45) is 2.63. The SMILES string of the molecule is C=CCO[C@@H]1[C@@H](OCc2ccccc2)[C@H](OCC=C)[C@H]2OC(C)(C)O[C@H]2[C@H]1OCC=C. The van der Waals surface area contributed by atoms with E-state index in [1.54, 1.807) is 18.2 Å². The van der Waals surface area contributed by atoms with Crippen molar-refractivity contribution in [2.45, 2.75) is 62.9 Å². The third-order valence-corrected chi connectivity index (χ3v) is 5.29. The van der Waals surface area contributed by atoms with Gasteiger partial charge in [0.05, 0.1) is 26.4 Å². The zero-order valence-corrected chi connectivity index (χ0v) is 18.5. The molecule has 1 aromatic rings. The number of rotatable bonds is 12. The van der Waals surface area contributed by atoms with Gasteiger partial charge in [0.25, 0.3) is 0 Å². The van der Waals surface area contributed by atoms with E-state index in [9.17, 15) is 0 Å². The van der Waals surface area contributed by atoms with Gasteiger partial charge in [-0.05, 0) is 19.4 Å².